The number of rotatable bonds is 6. The smallest absolute Gasteiger partial charge is 0.287 e. The summed E-state index contributed by atoms with van der Waals surface area (Å²) in [5.41, 5.74) is 3.25. The van der Waals surface area contributed by atoms with Gasteiger partial charge in [0.15, 0.2) is 5.76 Å². The number of benzene rings is 2. The third-order valence-corrected chi connectivity index (χ3v) is 7.00. The number of piperidine rings is 1. The Morgan fingerprint density at radius 1 is 1.15 bits per heavy atom. The SMILES string of the molecule is Cc1ccc(CN2CCC(O)(c3ccc4oc(C(=O)NC[C@H]5CCCO5)cc4c3)CC2)cc1. The number of ether oxygens (including phenoxy) is 1. The minimum absolute atomic E-state index is 0.0936. The molecule has 3 aromatic rings. The van der Waals surface area contributed by atoms with Gasteiger partial charge in [0.1, 0.15) is 5.58 Å². The zero-order valence-corrected chi connectivity index (χ0v) is 19.2. The number of nitrogens with zero attached hydrogens (tertiary/aromatic N) is 1. The molecule has 1 atom stereocenters. The number of amides is 1. The highest BCUT2D eigenvalue weighted by molar-refractivity contribution is 5.96. The van der Waals surface area contributed by atoms with Crippen molar-refractivity contribution in [2.24, 2.45) is 0 Å². The van der Waals surface area contributed by atoms with Crippen LogP contribution >= 0.6 is 0 Å². The van der Waals surface area contributed by atoms with Gasteiger partial charge in [-0.3, -0.25) is 9.69 Å². The molecular weight excluding hydrogens is 416 g/mol. The maximum absolute atomic E-state index is 12.5. The van der Waals surface area contributed by atoms with E-state index < -0.39 is 5.60 Å². The van der Waals surface area contributed by atoms with E-state index in [1.54, 1.807) is 6.07 Å². The monoisotopic (exact) mass is 448 g/mol. The number of aliphatic hydroxyl groups is 1. The fourth-order valence-corrected chi connectivity index (χ4v) is 4.87. The Bertz CT molecular complexity index is 1110. The summed E-state index contributed by atoms with van der Waals surface area (Å²) in [7, 11) is 0. The lowest BCUT2D eigenvalue weighted by Crippen LogP contribution is -2.42. The van der Waals surface area contributed by atoms with E-state index in [2.05, 4.69) is 41.4 Å². The molecule has 1 aromatic heterocycles. The molecule has 3 heterocycles. The van der Waals surface area contributed by atoms with Gasteiger partial charge in [-0.25, -0.2) is 0 Å². The van der Waals surface area contributed by atoms with Crippen molar-refractivity contribution in [2.45, 2.75) is 50.9 Å². The van der Waals surface area contributed by atoms with Gasteiger partial charge >= 0.3 is 0 Å². The van der Waals surface area contributed by atoms with E-state index in [-0.39, 0.29) is 12.0 Å². The van der Waals surface area contributed by atoms with E-state index in [1.807, 2.05) is 18.2 Å². The van der Waals surface area contributed by atoms with Crippen molar-refractivity contribution in [1.82, 2.24) is 10.2 Å². The summed E-state index contributed by atoms with van der Waals surface area (Å²) in [4.78, 5) is 14.9. The quantitative estimate of drug-likeness (QED) is 0.593. The number of fused-ring (bicyclic) bond motifs is 1. The summed E-state index contributed by atoms with van der Waals surface area (Å²) in [5, 5.41) is 15.1. The first kappa shape index (κ1) is 22.1. The van der Waals surface area contributed by atoms with Crippen molar-refractivity contribution in [3.8, 4) is 0 Å². The largest absolute Gasteiger partial charge is 0.451 e. The van der Waals surface area contributed by atoms with Crippen LogP contribution in [0, 0.1) is 6.92 Å². The number of likely N-dealkylation sites (tertiary alicyclic amines) is 1. The molecule has 174 valence electrons. The maximum Gasteiger partial charge on any atom is 0.287 e. The summed E-state index contributed by atoms with van der Waals surface area (Å²) in [6, 6.07) is 16.2. The number of carbonyl (C=O) groups is 1. The molecule has 2 fully saturated rings. The van der Waals surface area contributed by atoms with Crippen LogP contribution in [0.1, 0.15) is 52.9 Å². The molecule has 6 heteroatoms. The average Bonchev–Trinajstić information content (AvgIpc) is 3.50. The normalized spacial score (nSPS) is 20.8. The van der Waals surface area contributed by atoms with Crippen molar-refractivity contribution in [1.29, 1.82) is 0 Å². The van der Waals surface area contributed by atoms with E-state index in [9.17, 15) is 9.90 Å². The Morgan fingerprint density at radius 2 is 1.94 bits per heavy atom. The summed E-state index contributed by atoms with van der Waals surface area (Å²) in [6.07, 6.45) is 3.47. The van der Waals surface area contributed by atoms with Crippen LogP contribution in [0.15, 0.2) is 52.9 Å². The van der Waals surface area contributed by atoms with Crippen LogP contribution in [0.5, 0.6) is 0 Å². The fourth-order valence-electron chi connectivity index (χ4n) is 4.87. The average molecular weight is 449 g/mol. The number of furan rings is 1. The van der Waals surface area contributed by atoms with Crippen LogP contribution in [-0.4, -0.2) is 48.3 Å². The van der Waals surface area contributed by atoms with Gasteiger partial charge in [0.25, 0.3) is 5.91 Å². The van der Waals surface area contributed by atoms with E-state index in [4.69, 9.17) is 9.15 Å². The molecule has 0 saturated carbocycles. The Labute approximate surface area is 194 Å². The molecule has 0 unspecified atom stereocenters. The van der Waals surface area contributed by atoms with E-state index in [0.717, 1.165) is 50.0 Å². The van der Waals surface area contributed by atoms with Crippen molar-refractivity contribution in [2.75, 3.05) is 26.2 Å². The van der Waals surface area contributed by atoms with Crippen LogP contribution < -0.4 is 5.32 Å². The minimum Gasteiger partial charge on any atom is -0.451 e. The van der Waals surface area contributed by atoms with Crippen molar-refractivity contribution >= 4 is 16.9 Å². The Balaban J connectivity index is 1.22. The molecule has 33 heavy (non-hydrogen) atoms. The number of carbonyl (C=O) groups excluding carboxylic acids is 1. The van der Waals surface area contributed by atoms with Gasteiger partial charge in [0, 0.05) is 38.2 Å². The minimum atomic E-state index is -0.864. The van der Waals surface area contributed by atoms with Gasteiger partial charge in [-0.2, -0.15) is 0 Å². The Hall–Kier alpha value is -2.67. The van der Waals surface area contributed by atoms with Crippen LogP contribution in [0.2, 0.25) is 0 Å². The van der Waals surface area contributed by atoms with Crippen LogP contribution in [-0.2, 0) is 16.9 Å². The van der Waals surface area contributed by atoms with Crippen LogP contribution in [0.3, 0.4) is 0 Å². The van der Waals surface area contributed by atoms with Crippen molar-refractivity contribution < 1.29 is 19.1 Å². The molecule has 6 nitrogen and oxygen atoms in total. The molecule has 2 saturated heterocycles. The molecule has 2 N–H and O–H groups in total. The zero-order chi connectivity index (χ0) is 22.8. The number of aryl methyl sites for hydroxylation is 1. The first-order chi connectivity index (χ1) is 16.0. The second-order valence-electron chi connectivity index (χ2n) is 9.50. The molecule has 2 aliphatic heterocycles. The molecule has 5 rings (SSSR count). The molecule has 0 spiro atoms. The maximum atomic E-state index is 12.5. The molecule has 0 bridgehead atoms. The van der Waals surface area contributed by atoms with Crippen molar-refractivity contribution in [3.63, 3.8) is 0 Å². The van der Waals surface area contributed by atoms with Crippen LogP contribution in [0.25, 0.3) is 11.0 Å². The number of hydrogen-bond donors (Lipinski definition) is 2. The van der Waals surface area contributed by atoms with Gasteiger partial charge in [0.2, 0.25) is 0 Å². The van der Waals surface area contributed by atoms with E-state index in [0.29, 0.717) is 30.7 Å². The van der Waals surface area contributed by atoms with Gasteiger partial charge in [-0.05, 0) is 61.9 Å². The topological polar surface area (TPSA) is 74.9 Å². The lowest BCUT2D eigenvalue weighted by molar-refractivity contribution is -0.0276. The standard InChI is InChI=1S/C27H32N2O4/c1-19-4-6-20(7-5-19)18-29-12-10-27(31,11-13-29)22-8-9-24-21(15-22)16-25(33-24)26(30)28-17-23-3-2-14-32-23/h4-9,15-16,23,31H,2-3,10-14,17-18H2,1H3,(H,28,30)/t23-/m1/s1. The Kier molecular flexibility index (Phi) is 6.23. The predicted octanol–water partition coefficient (Wildman–Crippen LogP) is 4.13. The Morgan fingerprint density at radius 3 is 2.67 bits per heavy atom. The summed E-state index contributed by atoms with van der Waals surface area (Å²) < 4.78 is 11.3. The summed E-state index contributed by atoms with van der Waals surface area (Å²) in [5.74, 6) is 0.0615. The highest BCUT2D eigenvalue weighted by Gasteiger charge is 2.34. The first-order valence-electron chi connectivity index (χ1n) is 11.9. The molecule has 0 aliphatic carbocycles. The number of hydrogen-bond acceptors (Lipinski definition) is 5. The van der Waals surface area contributed by atoms with Crippen LogP contribution in [0.4, 0.5) is 0 Å². The number of nitrogens with one attached hydrogen (secondary N) is 1. The van der Waals surface area contributed by atoms with E-state index >= 15 is 0 Å². The second kappa shape index (κ2) is 9.29. The molecule has 0 radical (unpaired) electrons. The van der Waals surface area contributed by atoms with E-state index in [1.165, 1.54) is 11.1 Å². The van der Waals surface area contributed by atoms with Gasteiger partial charge in [0.05, 0.1) is 11.7 Å². The van der Waals surface area contributed by atoms with Gasteiger partial charge < -0.3 is 19.6 Å². The fraction of sp³-hybridized carbons (Fsp3) is 0.444. The lowest BCUT2D eigenvalue weighted by atomic mass is 9.84. The zero-order valence-electron chi connectivity index (χ0n) is 19.2. The van der Waals surface area contributed by atoms with Gasteiger partial charge in [-0.15, -0.1) is 0 Å². The molecule has 2 aromatic carbocycles. The predicted molar refractivity (Wildman–Crippen MR) is 127 cm³/mol. The molecule has 2 aliphatic rings. The summed E-state index contributed by atoms with van der Waals surface area (Å²) in [6.45, 7) is 5.94. The second-order valence-corrected chi connectivity index (χ2v) is 9.50. The highest BCUT2D eigenvalue weighted by atomic mass is 16.5. The molecule has 1 amide bonds. The lowest BCUT2D eigenvalue weighted by Gasteiger charge is -2.38. The first-order valence-corrected chi connectivity index (χ1v) is 11.9. The highest BCUT2D eigenvalue weighted by Crippen LogP contribution is 2.35. The van der Waals surface area contributed by atoms with Crippen molar-refractivity contribution in [3.05, 3.63) is 71.0 Å². The third kappa shape index (κ3) is 4.98. The third-order valence-electron chi connectivity index (χ3n) is 7.00. The van der Waals surface area contributed by atoms with Gasteiger partial charge in [-0.1, -0.05) is 35.9 Å². The molecular formula is C27H32N2O4. The summed E-state index contributed by atoms with van der Waals surface area (Å²) >= 11 is 0.